The summed E-state index contributed by atoms with van der Waals surface area (Å²) in [5.74, 6) is 0.878. The average Bonchev–Trinajstić information content (AvgIpc) is 3.25. The van der Waals surface area contributed by atoms with Crippen LogP contribution in [0.3, 0.4) is 0 Å². The van der Waals surface area contributed by atoms with Crippen molar-refractivity contribution in [1.29, 1.82) is 0 Å². The first-order valence-electron chi connectivity index (χ1n) is 7.32. The number of hydrogen-bond acceptors (Lipinski definition) is 5. The quantitative estimate of drug-likeness (QED) is 0.723. The maximum absolute atomic E-state index is 5.59. The molecule has 5 heteroatoms. The van der Waals surface area contributed by atoms with Crippen molar-refractivity contribution < 1.29 is 9.47 Å². The van der Waals surface area contributed by atoms with Gasteiger partial charge in [0.05, 0.1) is 18.9 Å². The molecule has 1 N–H and O–H groups in total. The highest BCUT2D eigenvalue weighted by atomic mass is 32.1. The Balaban J connectivity index is 1.30. The van der Waals surface area contributed by atoms with Crippen LogP contribution in [0.25, 0.3) is 0 Å². The third-order valence-corrected chi connectivity index (χ3v) is 4.11. The maximum Gasteiger partial charge on any atom is 0.119 e. The second-order valence-electron chi connectivity index (χ2n) is 5.10. The van der Waals surface area contributed by atoms with Gasteiger partial charge in [0.25, 0.3) is 0 Å². The molecule has 0 amide bonds. The molecule has 0 saturated heterocycles. The zero-order valence-corrected chi connectivity index (χ0v) is 12.8. The normalized spacial score (nSPS) is 14.3. The van der Waals surface area contributed by atoms with Gasteiger partial charge in [-0.2, -0.15) is 0 Å². The summed E-state index contributed by atoms with van der Waals surface area (Å²) in [6.45, 7) is 2.57. The summed E-state index contributed by atoms with van der Waals surface area (Å²) in [7, 11) is 0. The molecule has 0 bridgehead atoms. The fraction of sp³-hybridized carbons (Fsp3) is 0.438. The summed E-state index contributed by atoms with van der Waals surface area (Å²) in [6, 6.07) is 10.5. The van der Waals surface area contributed by atoms with E-state index in [4.69, 9.17) is 9.47 Å². The van der Waals surface area contributed by atoms with Crippen molar-refractivity contribution in [2.45, 2.75) is 32.0 Å². The number of para-hydroxylation sites is 1. The minimum atomic E-state index is 0.554. The highest BCUT2D eigenvalue weighted by Crippen LogP contribution is 2.20. The van der Waals surface area contributed by atoms with Gasteiger partial charge in [0.15, 0.2) is 0 Å². The zero-order chi connectivity index (χ0) is 14.3. The molecular weight excluding hydrogens is 284 g/mol. The number of benzene rings is 1. The van der Waals surface area contributed by atoms with Crippen LogP contribution in [0, 0.1) is 0 Å². The van der Waals surface area contributed by atoms with Crippen LogP contribution in [0.1, 0.15) is 23.5 Å². The molecule has 1 aliphatic rings. The van der Waals surface area contributed by atoms with Crippen molar-refractivity contribution >= 4 is 11.3 Å². The first kappa shape index (κ1) is 14.5. The smallest absolute Gasteiger partial charge is 0.119 e. The molecule has 1 aliphatic carbocycles. The molecule has 4 nitrogen and oxygen atoms in total. The third-order valence-electron chi connectivity index (χ3n) is 3.21. The van der Waals surface area contributed by atoms with Gasteiger partial charge in [-0.25, -0.2) is 4.98 Å². The van der Waals surface area contributed by atoms with Crippen LogP contribution in [0.15, 0.2) is 35.7 Å². The van der Waals surface area contributed by atoms with E-state index < -0.39 is 0 Å². The van der Waals surface area contributed by atoms with Crippen molar-refractivity contribution in [3.05, 3.63) is 46.4 Å². The Morgan fingerprint density at radius 1 is 1.19 bits per heavy atom. The largest absolute Gasteiger partial charge is 0.491 e. The average molecular weight is 304 g/mol. The van der Waals surface area contributed by atoms with Crippen LogP contribution in [0.4, 0.5) is 0 Å². The van der Waals surface area contributed by atoms with Crippen molar-refractivity contribution in [3.63, 3.8) is 0 Å². The molecule has 0 spiro atoms. The van der Waals surface area contributed by atoms with Crippen LogP contribution in [0.5, 0.6) is 5.75 Å². The summed E-state index contributed by atoms with van der Waals surface area (Å²) in [6.07, 6.45) is 2.62. The predicted octanol–water partition coefficient (Wildman–Crippen LogP) is 2.99. The van der Waals surface area contributed by atoms with Crippen LogP contribution in [0.2, 0.25) is 0 Å². The molecule has 0 atom stereocenters. The Labute approximate surface area is 129 Å². The van der Waals surface area contributed by atoms with E-state index in [2.05, 4.69) is 15.7 Å². The highest BCUT2D eigenvalue weighted by Gasteiger charge is 2.20. The van der Waals surface area contributed by atoms with Gasteiger partial charge in [-0.3, -0.25) is 0 Å². The number of ether oxygens (including phenoxy) is 2. The Kier molecular flexibility index (Phi) is 5.21. The van der Waals surface area contributed by atoms with E-state index in [1.165, 1.54) is 12.8 Å². The van der Waals surface area contributed by atoms with Gasteiger partial charge < -0.3 is 14.8 Å². The number of thiazole rings is 1. The topological polar surface area (TPSA) is 43.4 Å². The lowest BCUT2D eigenvalue weighted by Crippen LogP contribution is -2.15. The Morgan fingerprint density at radius 2 is 2.05 bits per heavy atom. The summed E-state index contributed by atoms with van der Waals surface area (Å²) in [5, 5.41) is 6.68. The van der Waals surface area contributed by atoms with Crippen molar-refractivity contribution in [1.82, 2.24) is 10.3 Å². The van der Waals surface area contributed by atoms with Crippen LogP contribution >= 0.6 is 11.3 Å². The number of aromatic nitrogens is 1. The standard InChI is InChI=1S/C16H20N2O2S/c1-2-4-15(5-3-1)20-9-8-19-11-14-12-21-16(18-14)10-17-13-6-7-13/h1-5,12-13,17H,6-11H2. The van der Waals surface area contributed by atoms with Gasteiger partial charge >= 0.3 is 0 Å². The third kappa shape index (κ3) is 5.12. The summed E-state index contributed by atoms with van der Waals surface area (Å²) < 4.78 is 11.2. The first-order valence-corrected chi connectivity index (χ1v) is 8.20. The van der Waals surface area contributed by atoms with Gasteiger partial charge in [0.2, 0.25) is 0 Å². The van der Waals surface area contributed by atoms with Crippen LogP contribution < -0.4 is 10.1 Å². The molecule has 2 aromatic rings. The lowest BCUT2D eigenvalue weighted by molar-refractivity contribution is 0.0872. The molecule has 1 saturated carbocycles. The Bertz CT molecular complexity index is 540. The molecule has 1 fully saturated rings. The lowest BCUT2D eigenvalue weighted by Gasteiger charge is -2.05. The maximum atomic E-state index is 5.59. The molecule has 0 unspecified atom stereocenters. The van der Waals surface area contributed by atoms with Crippen molar-refractivity contribution in [3.8, 4) is 5.75 Å². The minimum Gasteiger partial charge on any atom is -0.491 e. The predicted molar refractivity (Wildman–Crippen MR) is 83.6 cm³/mol. The molecule has 3 rings (SSSR count). The molecular formula is C16H20N2O2S. The van der Waals surface area contributed by atoms with E-state index in [9.17, 15) is 0 Å². The monoisotopic (exact) mass is 304 g/mol. The van der Waals surface area contributed by atoms with E-state index in [1.54, 1.807) is 11.3 Å². The van der Waals surface area contributed by atoms with Gasteiger partial charge in [0, 0.05) is 18.0 Å². The lowest BCUT2D eigenvalue weighted by atomic mass is 10.3. The fourth-order valence-corrected chi connectivity index (χ4v) is 2.66. The van der Waals surface area contributed by atoms with E-state index in [0.717, 1.165) is 29.0 Å². The molecule has 0 radical (unpaired) electrons. The van der Waals surface area contributed by atoms with Gasteiger partial charge in [-0.15, -0.1) is 11.3 Å². The van der Waals surface area contributed by atoms with Crippen molar-refractivity contribution in [2.75, 3.05) is 13.2 Å². The Morgan fingerprint density at radius 3 is 2.86 bits per heavy atom. The number of hydrogen-bond donors (Lipinski definition) is 1. The molecule has 1 aromatic carbocycles. The van der Waals surface area contributed by atoms with E-state index in [1.807, 2.05) is 30.3 Å². The van der Waals surface area contributed by atoms with Gasteiger partial charge in [-0.1, -0.05) is 18.2 Å². The van der Waals surface area contributed by atoms with E-state index in [0.29, 0.717) is 19.8 Å². The molecule has 1 heterocycles. The van der Waals surface area contributed by atoms with Crippen molar-refractivity contribution in [2.24, 2.45) is 0 Å². The highest BCUT2D eigenvalue weighted by molar-refractivity contribution is 7.09. The summed E-state index contributed by atoms with van der Waals surface area (Å²) >= 11 is 1.70. The SMILES string of the molecule is c1ccc(OCCOCc2csc(CNC3CC3)n2)cc1. The Hall–Kier alpha value is -1.43. The molecule has 1 aromatic heterocycles. The van der Waals surface area contributed by atoms with Crippen LogP contribution in [-0.2, 0) is 17.9 Å². The van der Waals surface area contributed by atoms with Gasteiger partial charge in [-0.05, 0) is 25.0 Å². The number of nitrogens with zero attached hydrogens (tertiary/aromatic N) is 1. The number of nitrogens with one attached hydrogen (secondary N) is 1. The summed E-state index contributed by atoms with van der Waals surface area (Å²) in [5.41, 5.74) is 1.01. The van der Waals surface area contributed by atoms with Gasteiger partial charge in [0.1, 0.15) is 17.4 Å². The molecule has 21 heavy (non-hydrogen) atoms. The van der Waals surface area contributed by atoms with E-state index in [-0.39, 0.29) is 0 Å². The molecule has 0 aliphatic heterocycles. The second-order valence-corrected chi connectivity index (χ2v) is 6.04. The van der Waals surface area contributed by atoms with Crippen LogP contribution in [-0.4, -0.2) is 24.2 Å². The number of rotatable bonds is 9. The molecule has 112 valence electrons. The minimum absolute atomic E-state index is 0.554. The first-order chi connectivity index (χ1) is 10.4. The fourth-order valence-electron chi connectivity index (χ4n) is 1.93. The van der Waals surface area contributed by atoms with E-state index >= 15 is 0 Å². The summed E-state index contributed by atoms with van der Waals surface area (Å²) in [4.78, 5) is 4.56. The second kappa shape index (κ2) is 7.54. The zero-order valence-electron chi connectivity index (χ0n) is 12.0.